The monoisotopic (exact) mass is 516 g/mol. The van der Waals surface area contributed by atoms with E-state index in [0.29, 0.717) is 19.2 Å². The summed E-state index contributed by atoms with van der Waals surface area (Å²) in [5.74, 6) is 0.633. The zero-order valence-corrected chi connectivity index (χ0v) is 19.8. The van der Waals surface area contributed by atoms with E-state index in [1.807, 2.05) is 18.2 Å². The molecule has 1 aromatic rings. The predicted octanol–water partition coefficient (Wildman–Crippen LogP) is 2.33. The average Bonchev–Trinajstić information content (AvgIpc) is 3.13. The molecule has 0 aromatic heterocycles. The molecule has 2 saturated heterocycles. The number of nitrogens with zero attached hydrogens (tertiary/aromatic N) is 2. The first-order valence-corrected chi connectivity index (χ1v) is 10.0. The van der Waals surface area contributed by atoms with Crippen molar-refractivity contribution < 1.29 is 14.3 Å². The Bertz CT molecular complexity index is 678. The summed E-state index contributed by atoms with van der Waals surface area (Å²) in [5, 5.41) is 6.98. The van der Waals surface area contributed by atoms with Crippen LogP contribution in [0.1, 0.15) is 37.8 Å². The van der Waals surface area contributed by atoms with Gasteiger partial charge in [0.15, 0.2) is 5.96 Å². The molecule has 0 radical (unpaired) electrons. The maximum Gasteiger partial charge on any atom is 0.243 e. The molecule has 0 saturated carbocycles. The number of likely N-dealkylation sites (N-methyl/N-ethyl adjacent to an activating group) is 1. The standard InChI is InChI=1S/C21H32N4O3.HI/c1-16(17-7-5-4-6-8-17)23-20(22-14-19(26)25(2)3)24-18-9-11-28-21(13-18)10-12-27-15-21;/h4-8,16,18H,9-15H2,1-3H3,(H2,22,23,24);1H. The molecule has 3 rings (SSSR count). The highest BCUT2D eigenvalue weighted by molar-refractivity contribution is 14.0. The molecule has 0 bridgehead atoms. The number of carbonyl (C=O) groups is 1. The minimum atomic E-state index is -0.175. The molecule has 2 aliphatic rings. The number of benzene rings is 1. The van der Waals surface area contributed by atoms with Crippen LogP contribution < -0.4 is 10.6 Å². The van der Waals surface area contributed by atoms with Crippen molar-refractivity contribution in [2.75, 3.05) is 40.5 Å². The van der Waals surface area contributed by atoms with E-state index in [4.69, 9.17) is 9.47 Å². The number of nitrogens with one attached hydrogen (secondary N) is 2. The fourth-order valence-corrected chi connectivity index (χ4v) is 3.66. The third-order valence-corrected chi connectivity index (χ3v) is 5.42. The zero-order valence-electron chi connectivity index (χ0n) is 17.5. The van der Waals surface area contributed by atoms with Crippen molar-refractivity contribution in [2.45, 2.75) is 43.9 Å². The molecule has 29 heavy (non-hydrogen) atoms. The summed E-state index contributed by atoms with van der Waals surface area (Å²) < 4.78 is 11.6. The predicted molar refractivity (Wildman–Crippen MR) is 125 cm³/mol. The van der Waals surface area contributed by atoms with Crippen LogP contribution in [0.4, 0.5) is 0 Å². The number of aliphatic imine (C=N–C) groups is 1. The van der Waals surface area contributed by atoms with Crippen LogP contribution in [0.5, 0.6) is 0 Å². The van der Waals surface area contributed by atoms with Gasteiger partial charge in [-0.15, -0.1) is 24.0 Å². The van der Waals surface area contributed by atoms with Crippen LogP contribution in [-0.4, -0.2) is 68.9 Å². The fourth-order valence-electron chi connectivity index (χ4n) is 3.66. The number of rotatable bonds is 5. The molecule has 8 heteroatoms. The summed E-state index contributed by atoms with van der Waals surface area (Å²) in [4.78, 5) is 18.1. The fraction of sp³-hybridized carbons (Fsp3) is 0.619. The lowest BCUT2D eigenvalue weighted by atomic mass is 9.90. The number of carbonyl (C=O) groups excluding carboxylic acids is 1. The van der Waals surface area contributed by atoms with Crippen molar-refractivity contribution in [3.8, 4) is 0 Å². The van der Waals surface area contributed by atoms with Gasteiger partial charge in [-0.05, 0) is 25.3 Å². The summed E-state index contributed by atoms with van der Waals surface area (Å²) in [7, 11) is 3.49. The van der Waals surface area contributed by atoms with Crippen LogP contribution in [0.25, 0.3) is 0 Å². The maximum absolute atomic E-state index is 12.0. The molecule has 1 amide bonds. The second-order valence-corrected chi connectivity index (χ2v) is 7.90. The SMILES string of the molecule is CC(NC(=NCC(=O)N(C)C)NC1CCOC2(CCOC2)C1)c1ccccc1.I. The van der Waals surface area contributed by atoms with Gasteiger partial charge in [-0.25, -0.2) is 4.99 Å². The molecule has 2 fully saturated rings. The van der Waals surface area contributed by atoms with Gasteiger partial charge in [-0.2, -0.15) is 0 Å². The Kier molecular flexibility index (Phi) is 9.16. The van der Waals surface area contributed by atoms with Crippen LogP contribution in [-0.2, 0) is 14.3 Å². The van der Waals surface area contributed by atoms with Crippen molar-refractivity contribution >= 4 is 35.8 Å². The van der Waals surface area contributed by atoms with E-state index in [-0.39, 0.29) is 54.1 Å². The molecule has 2 N–H and O–H groups in total. The van der Waals surface area contributed by atoms with E-state index in [0.717, 1.165) is 25.9 Å². The summed E-state index contributed by atoms with van der Waals surface area (Å²) in [6, 6.07) is 10.5. The molecule has 1 spiro atoms. The first kappa shape index (κ1) is 23.9. The van der Waals surface area contributed by atoms with Gasteiger partial charge in [-0.1, -0.05) is 30.3 Å². The lowest BCUT2D eigenvalue weighted by Crippen LogP contribution is -2.52. The Balaban J connectivity index is 0.00000300. The van der Waals surface area contributed by atoms with Crippen molar-refractivity contribution in [1.29, 1.82) is 0 Å². The minimum absolute atomic E-state index is 0. The van der Waals surface area contributed by atoms with Gasteiger partial charge in [0.25, 0.3) is 0 Å². The van der Waals surface area contributed by atoms with E-state index in [1.165, 1.54) is 5.56 Å². The number of hydrogen-bond acceptors (Lipinski definition) is 4. The highest BCUT2D eigenvalue weighted by atomic mass is 127. The third kappa shape index (κ3) is 6.82. The molecule has 3 unspecified atom stereocenters. The molecule has 1 aromatic carbocycles. The molecule has 3 atom stereocenters. The molecular weight excluding hydrogens is 483 g/mol. The van der Waals surface area contributed by atoms with Crippen LogP contribution in [0, 0.1) is 0 Å². The maximum atomic E-state index is 12.0. The van der Waals surface area contributed by atoms with Gasteiger partial charge in [0, 0.05) is 39.8 Å². The zero-order chi connectivity index (χ0) is 20.0. The summed E-state index contributed by atoms with van der Waals surface area (Å²) in [6.07, 6.45) is 2.73. The van der Waals surface area contributed by atoms with Crippen molar-refractivity contribution in [3.63, 3.8) is 0 Å². The van der Waals surface area contributed by atoms with Crippen molar-refractivity contribution in [3.05, 3.63) is 35.9 Å². The van der Waals surface area contributed by atoms with Gasteiger partial charge >= 0.3 is 0 Å². The number of amides is 1. The lowest BCUT2D eigenvalue weighted by molar-refractivity contribution is -0.127. The van der Waals surface area contributed by atoms with E-state index in [2.05, 4.69) is 34.7 Å². The van der Waals surface area contributed by atoms with E-state index < -0.39 is 0 Å². The van der Waals surface area contributed by atoms with Crippen LogP contribution >= 0.6 is 24.0 Å². The quantitative estimate of drug-likeness (QED) is 0.357. The summed E-state index contributed by atoms with van der Waals surface area (Å²) >= 11 is 0. The van der Waals surface area contributed by atoms with Crippen LogP contribution in [0.3, 0.4) is 0 Å². The largest absolute Gasteiger partial charge is 0.378 e. The van der Waals surface area contributed by atoms with Crippen LogP contribution in [0.2, 0.25) is 0 Å². The van der Waals surface area contributed by atoms with E-state index in [9.17, 15) is 4.79 Å². The third-order valence-electron chi connectivity index (χ3n) is 5.42. The highest BCUT2D eigenvalue weighted by Gasteiger charge is 2.41. The minimum Gasteiger partial charge on any atom is -0.378 e. The Hall–Kier alpha value is -1.39. The lowest BCUT2D eigenvalue weighted by Gasteiger charge is -2.38. The van der Waals surface area contributed by atoms with Crippen molar-refractivity contribution in [1.82, 2.24) is 15.5 Å². The van der Waals surface area contributed by atoms with Gasteiger partial charge < -0.3 is 25.0 Å². The number of guanidine groups is 1. The molecule has 2 heterocycles. The average molecular weight is 516 g/mol. The first-order chi connectivity index (χ1) is 13.5. The van der Waals surface area contributed by atoms with Gasteiger partial charge in [0.05, 0.1) is 18.2 Å². The molecule has 162 valence electrons. The van der Waals surface area contributed by atoms with Gasteiger partial charge in [0.1, 0.15) is 6.54 Å². The van der Waals surface area contributed by atoms with Crippen molar-refractivity contribution in [2.24, 2.45) is 4.99 Å². The Labute approximate surface area is 190 Å². The number of ether oxygens (including phenoxy) is 2. The second-order valence-electron chi connectivity index (χ2n) is 7.90. The first-order valence-electron chi connectivity index (χ1n) is 10.0. The van der Waals surface area contributed by atoms with E-state index >= 15 is 0 Å². The van der Waals surface area contributed by atoms with E-state index in [1.54, 1.807) is 19.0 Å². The number of halogens is 1. The highest BCUT2D eigenvalue weighted by Crippen LogP contribution is 2.32. The molecular formula is C21H33IN4O3. The second kappa shape index (κ2) is 11.1. The number of hydrogen-bond donors (Lipinski definition) is 2. The smallest absolute Gasteiger partial charge is 0.243 e. The summed E-state index contributed by atoms with van der Waals surface area (Å²) in [6.45, 7) is 4.33. The summed E-state index contributed by atoms with van der Waals surface area (Å²) in [5.41, 5.74) is 0.995. The van der Waals surface area contributed by atoms with Gasteiger partial charge in [0.2, 0.25) is 5.91 Å². The molecule has 7 nitrogen and oxygen atoms in total. The van der Waals surface area contributed by atoms with Crippen LogP contribution in [0.15, 0.2) is 35.3 Å². The molecule has 0 aliphatic carbocycles. The normalized spacial score (nSPS) is 25.2. The molecule has 2 aliphatic heterocycles. The van der Waals surface area contributed by atoms with Gasteiger partial charge in [-0.3, -0.25) is 4.79 Å². The Morgan fingerprint density at radius 1 is 1.31 bits per heavy atom. The topological polar surface area (TPSA) is 75.2 Å². The Morgan fingerprint density at radius 2 is 2.07 bits per heavy atom. The Morgan fingerprint density at radius 3 is 2.72 bits per heavy atom.